The van der Waals surface area contributed by atoms with Crippen molar-refractivity contribution in [3.8, 4) is 17.2 Å². The summed E-state index contributed by atoms with van der Waals surface area (Å²) in [7, 11) is 1.81. The molecule has 2 fully saturated rings. The number of hydrogen-bond donors (Lipinski definition) is 2. The molecule has 0 radical (unpaired) electrons. The van der Waals surface area contributed by atoms with Gasteiger partial charge in [-0.15, -0.1) is 0 Å². The highest BCUT2D eigenvalue weighted by Gasteiger charge is 2.30. The molecule has 6 rings (SSSR count). The van der Waals surface area contributed by atoms with E-state index in [0.29, 0.717) is 29.2 Å². The Hall–Kier alpha value is -3.68. The van der Waals surface area contributed by atoms with Gasteiger partial charge in [0.05, 0.1) is 11.7 Å². The van der Waals surface area contributed by atoms with Gasteiger partial charge in [-0.3, -0.25) is 4.79 Å². The standard InChI is InChI=1S/C24H23N5O3/c1-25-22-17-11-26-21(29-23(30)13-5-6-13)10-16(17)18(12-27-22)24-28-19-9-15(7-8-20(19)32-24)31-14-3-2-4-14/h7-14H,2-6H2,1H3,(H,25,27)(H,26,29,30). The van der Waals surface area contributed by atoms with Gasteiger partial charge in [-0.1, -0.05) is 0 Å². The molecule has 0 spiro atoms. The molecule has 0 saturated heterocycles. The van der Waals surface area contributed by atoms with E-state index in [4.69, 9.17) is 14.1 Å². The first-order chi connectivity index (χ1) is 15.7. The molecular formula is C24H23N5O3. The van der Waals surface area contributed by atoms with Crippen LogP contribution in [0.4, 0.5) is 11.6 Å². The van der Waals surface area contributed by atoms with Crippen molar-refractivity contribution in [3.05, 3.63) is 36.7 Å². The van der Waals surface area contributed by atoms with Crippen LogP contribution in [0.25, 0.3) is 33.3 Å². The van der Waals surface area contributed by atoms with Crippen molar-refractivity contribution in [3.63, 3.8) is 0 Å². The maximum absolute atomic E-state index is 12.2. The number of nitrogens with one attached hydrogen (secondary N) is 2. The highest BCUT2D eigenvalue weighted by Crippen LogP contribution is 2.36. The third-order valence-electron chi connectivity index (χ3n) is 6.15. The van der Waals surface area contributed by atoms with Gasteiger partial charge in [0, 0.05) is 42.2 Å². The number of oxazole rings is 1. The quantitative estimate of drug-likeness (QED) is 0.455. The first kappa shape index (κ1) is 19.0. The topological polar surface area (TPSA) is 102 Å². The summed E-state index contributed by atoms with van der Waals surface area (Å²) in [6.45, 7) is 0. The van der Waals surface area contributed by atoms with E-state index in [1.807, 2.05) is 31.3 Å². The summed E-state index contributed by atoms with van der Waals surface area (Å²) in [4.78, 5) is 25.9. The van der Waals surface area contributed by atoms with Gasteiger partial charge in [0.1, 0.15) is 22.9 Å². The lowest BCUT2D eigenvalue weighted by molar-refractivity contribution is -0.117. The number of ether oxygens (including phenoxy) is 1. The second kappa shape index (κ2) is 7.47. The molecule has 0 atom stereocenters. The van der Waals surface area contributed by atoms with Gasteiger partial charge in [0.25, 0.3) is 0 Å². The minimum Gasteiger partial charge on any atom is -0.490 e. The largest absolute Gasteiger partial charge is 0.490 e. The highest BCUT2D eigenvalue weighted by atomic mass is 16.5. The molecule has 3 heterocycles. The lowest BCUT2D eigenvalue weighted by atomic mass is 9.96. The van der Waals surface area contributed by atoms with Crippen molar-refractivity contribution >= 4 is 39.4 Å². The average Bonchev–Trinajstić information content (AvgIpc) is 3.55. The maximum Gasteiger partial charge on any atom is 0.229 e. The summed E-state index contributed by atoms with van der Waals surface area (Å²) in [6.07, 6.45) is 9.06. The molecule has 2 aliphatic rings. The third-order valence-corrected chi connectivity index (χ3v) is 6.15. The van der Waals surface area contributed by atoms with Crippen LogP contribution in [0, 0.1) is 5.92 Å². The van der Waals surface area contributed by atoms with Crippen LogP contribution in [0.3, 0.4) is 0 Å². The van der Waals surface area contributed by atoms with Crippen LogP contribution in [0.15, 0.2) is 41.1 Å². The molecule has 1 aromatic carbocycles. The van der Waals surface area contributed by atoms with Crippen molar-refractivity contribution in [2.45, 2.75) is 38.2 Å². The zero-order valence-corrected chi connectivity index (χ0v) is 17.7. The van der Waals surface area contributed by atoms with Gasteiger partial charge in [-0.25, -0.2) is 15.0 Å². The Morgan fingerprint density at radius 2 is 1.97 bits per heavy atom. The number of pyridine rings is 2. The Morgan fingerprint density at radius 1 is 1.09 bits per heavy atom. The molecule has 4 aromatic rings. The number of benzene rings is 1. The monoisotopic (exact) mass is 429 g/mol. The molecule has 8 heteroatoms. The second-order valence-corrected chi connectivity index (χ2v) is 8.47. The summed E-state index contributed by atoms with van der Waals surface area (Å²) >= 11 is 0. The van der Waals surface area contributed by atoms with Crippen LogP contribution in [-0.4, -0.2) is 34.0 Å². The molecule has 1 amide bonds. The summed E-state index contributed by atoms with van der Waals surface area (Å²) in [5.41, 5.74) is 2.16. The number of carbonyl (C=O) groups excluding carboxylic acids is 1. The van der Waals surface area contributed by atoms with E-state index in [1.54, 1.807) is 12.4 Å². The van der Waals surface area contributed by atoms with Crippen LogP contribution in [-0.2, 0) is 4.79 Å². The fraction of sp³-hybridized carbons (Fsp3) is 0.333. The van der Waals surface area contributed by atoms with Gasteiger partial charge in [-0.05, 0) is 50.3 Å². The molecule has 0 unspecified atom stereocenters. The molecule has 0 aliphatic heterocycles. The van der Waals surface area contributed by atoms with Gasteiger partial charge < -0.3 is 19.8 Å². The Balaban J connectivity index is 1.41. The van der Waals surface area contributed by atoms with E-state index < -0.39 is 0 Å². The Kier molecular flexibility index (Phi) is 4.45. The fourth-order valence-electron chi connectivity index (χ4n) is 3.92. The van der Waals surface area contributed by atoms with Gasteiger partial charge in [0.15, 0.2) is 5.58 Å². The van der Waals surface area contributed by atoms with E-state index in [-0.39, 0.29) is 11.8 Å². The Labute approximate surface area is 184 Å². The maximum atomic E-state index is 12.2. The minimum absolute atomic E-state index is 0.0159. The van der Waals surface area contributed by atoms with Crippen LogP contribution in [0.1, 0.15) is 32.1 Å². The van der Waals surface area contributed by atoms with Crippen molar-refractivity contribution < 1.29 is 13.9 Å². The van der Waals surface area contributed by atoms with Crippen molar-refractivity contribution in [2.24, 2.45) is 5.92 Å². The van der Waals surface area contributed by atoms with Gasteiger partial charge in [-0.2, -0.15) is 0 Å². The Bertz CT molecular complexity index is 1340. The SMILES string of the molecule is CNc1ncc(-c2nc3cc(OC4CCC4)ccc3o2)c2cc(NC(=O)C3CC3)ncc12. The molecule has 8 nitrogen and oxygen atoms in total. The van der Waals surface area contributed by atoms with Crippen LogP contribution in [0.5, 0.6) is 5.75 Å². The van der Waals surface area contributed by atoms with Crippen molar-refractivity contribution in [2.75, 3.05) is 17.7 Å². The number of aromatic nitrogens is 3. The summed E-state index contributed by atoms with van der Waals surface area (Å²) in [5, 5.41) is 7.69. The first-order valence-corrected chi connectivity index (χ1v) is 11.0. The number of rotatable bonds is 6. The summed E-state index contributed by atoms with van der Waals surface area (Å²) < 4.78 is 12.1. The van der Waals surface area contributed by atoms with E-state index in [9.17, 15) is 4.79 Å². The van der Waals surface area contributed by atoms with E-state index in [1.165, 1.54) is 6.42 Å². The third kappa shape index (κ3) is 3.41. The predicted octanol–water partition coefficient (Wildman–Crippen LogP) is 4.76. The van der Waals surface area contributed by atoms with E-state index in [2.05, 4.69) is 20.6 Å². The second-order valence-electron chi connectivity index (χ2n) is 8.47. The lowest BCUT2D eigenvalue weighted by Crippen LogP contribution is -2.24. The zero-order chi connectivity index (χ0) is 21.7. The average molecular weight is 429 g/mol. The van der Waals surface area contributed by atoms with Crippen LogP contribution in [0.2, 0.25) is 0 Å². The van der Waals surface area contributed by atoms with E-state index >= 15 is 0 Å². The van der Waals surface area contributed by atoms with Gasteiger partial charge in [0.2, 0.25) is 11.8 Å². The molecule has 2 saturated carbocycles. The Morgan fingerprint density at radius 3 is 2.72 bits per heavy atom. The number of anilines is 2. The van der Waals surface area contributed by atoms with Gasteiger partial charge >= 0.3 is 0 Å². The van der Waals surface area contributed by atoms with Crippen LogP contribution < -0.4 is 15.4 Å². The number of fused-ring (bicyclic) bond motifs is 2. The van der Waals surface area contributed by atoms with Crippen LogP contribution >= 0.6 is 0 Å². The molecular weight excluding hydrogens is 406 g/mol. The highest BCUT2D eigenvalue weighted by molar-refractivity contribution is 6.03. The molecule has 3 aromatic heterocycles. The molecule has 2 N–H and O–H groups in total. The predicted molar refractivity (Wildman–Crippen MR) is 122 cm³/mol. The smallest absolute Gasteiger partial charge is 0.229 e. The molecule has 162 valence electrons. The number of nitrogens with zero attached hydrogens (tertiary/aromatic N) is 3. The summed E-state index contributed by atoms with van der Waals surface area (Å²) in [6, 6.07) is 7.58. The van der Waals surface area contributed by atoms with Crippen molar-refractivity contribution in [1.29, 1.82) is 0 Å². The number of carbonyl (C=O) groups is 1. The normalized spacial score (nSPS) is 16.2. The zero-order valence-electron chi connectivity index (χ0n) is 17.7. The fourth-order valence-corrected chi connectivity index (χ4v) is 3.92. The van der Waals surface area contributed by atoms with Crippen molar-refractivity contribution in [1.82, 2.24) is 15.0 Å². The molecule has 2 aliphatic carbocycles. The number of amides is 1. The number of hydrogen-bond acceptors (Lipinski definition) is 7. The molecule has 0 bridgehead atoms. The minimum atomic E-state index is 0.0159. The summed E-state index contributed by atoms with van der Waals surface area (Å²) in [5.74, 6) is 2.60. The lowest BCUT2D eigenvalue weighted by Gasteiger charge is -2.26. The first-order valence-electron chi connectivity index (χ1n) is 11.0. The van der Waals surface area contributed by atoms with E-state index in [0.717, 1.165) is 53.3 Å². The molecule has 32 heavy (non-hydrogen) atoms.